The molecule has 82 valence electrons. The number of thiol groups is 1. The highest BCUT2D eigenvalue weighted by Crippen LogP contribution is 2.07. The Hall–Kier alpha value is -0.220. The van der Waals surface area contributed by atoms with E-state index in [1.54, 1.807) is 6.92 Å². The lowest BCUT2D eigenvalue weighted by Gasteiger charge is -2.26. The Bertz CT molecular complexity index is 179. The van der Waals surface area contributed by atoms with Crippen molar-refractivity contribution < 1.29 is 4.79 Å². The molecule has 3 nitrogen and oxygen atoms in total. The van der Waals surface area contributed by atoms with Crippen LogP contribution in [0.2, 0.25) is 0 Å². The summed E-state index contributed by atoms with van der Waals surface area (Å²) in [5.41, 5.74) is 0. The molecule has 1 N–H and O–H groups in total. The number of rotatable bonds is 4. The number of nitrogens with zero attached hydrogens (tertiary/aromatic N) is 1. The molecule has 1 atom stereocenters. The molecule has 1 aliphatic heterocycles. The first kappa shape index (κ1) is 11.9. The summed E-state index contributed by atoms with van der Waals surface area (Å²) in [6.07, 6.45) is 3.96. The highest BCUT2D eigenvalue weighted by Gasteiger charge is 2.10. The molecule has 0 bridgehead atoms. The third kappa shape index (κ3) is 4.33. The number of likely N-dealkylation sites (tertiary alicyclic amines) is 1. The van der Waals surface area contributed by atoms with Gasteiger partial charge in [0.15, 0.2) is 0 Å². The fourth-order valence-electron chi connectivity index (χ4n) is 1.67. The van der Waals surface area contributed by atoms with Crippen LogP contribution < -0.4 is 5.32 Å². The van der Waals surface area contributed by atoms with E-state index in [9.17, 15) is 4.79 Å². The van der Waals surface area contributed by atoms with Crippen LogP contribution in [0.3, 0.4) is 0 Å². The van der Waals surface area contributed by atoms with Crippen molar-refractivity contribution in [2.75, 3.05) is 26.2 Å². The molecule has 1 amide bonds. The average Bonchev–Trinajstić information content (AvgIpc) is 2.19. The van der Waals surface area contributed by atoms with E-state index in [4.69, 9.17) is 0 Å². The maximum atomic E-state index is 11.2. The molecule has 0 saturated carbocycles. The standard InChI is InChI=1S/C10H20N2OS/c1-9(14)10(13)11-5-8-12-6-3-2-4-7-12/h9,14H,2-8H2,1H3,(H,11,13). The third-order valence-electron chi connectivity index (χ3n) is 2.56. The zero-order valence-corrected chi connectivity index (χ0v) is 9.72. The predicted molar refractivity (Wildman–Crippen MR) is 61.7 cm³/mol. The summed E-state index contributed by atoms with van der Waals surface area (Å²) >= 11 is 4.07. The van der Waals surface area contributed by atoms with E-state index in [-0.39, 0.29) is 11.2 Å². The van der Waals surface area contributed by atoms with Gasteiger partial charge in [-0.1, -0.05) is 6.42 Å². The van der Waals surface area contributed by atoms with E-state index >= 15 is 0 Å². The van der Waals surface area contributed by atoms with Crippen LogP contribution in [0.4, 0.5) is 0 Å². The summed E-state index contributed by atoms with van der Waals surface area (Å²) in [5.74, 6) is 0.0327. The smallest absolute Gasteiger partial charge is 0.232 e. The van der Waals surface area contributed by atoms with Gasteiger partial charge in [0.05, 0.1) is 5.25 Å². The lowest BCUT2D eigenvalue weighted by atomic mass is 10.1. The first-order valence-electron chi connectivity index (χ1n) is 5.38. The third-order valence-corrected chi connectivity index (χ3v) is 2.79. The van der Waals surface area contributed by atoms with Crippen molar-refractivity contribution in [2.45, 2.75) is 31.4 Å². The van der Waals surface area contributed by atoms with Crippen LogP contribution in [-0.2, 0) is 4.79 Å². The minimum absolute atomic E-state index is 0.0327. The maximum Gasteiger partial charge on any atom is 0.232 e. The second-order valence-electron chi connectivity index (χ2n) is 3.87. The van der Waals surface area contributed by atoms with Crippen LogP contribution in [0.1, 0.15) is 26.2 Å². The minimum Gasteiger partial charge on any atom is -0.354 e. The van der Waals surface area contributed by atoms with E-state index < -0.39 is 0 Å². The predicted octanol–water partition coefficient (Wildman–Crippen LogP) is 0.907. The molecule has 14 heavy (non-hydrogen) atoms. The number of carbonyl (C=O) groups excluding carboxylic acids is 1. The fourth-order valence-corrected chi connectivity index (χ4v) is 1.76. The van der Waals surface area contributed by atoms with Crippen molar-refractivity contribution in [1.82, 2.24) is 10.2 Å². The minimum atomic E-state index is -0.198. The van der Waals surface area contributed by atoms with Gasteiger partial charge in [-0.05, 0) is 32.9 Å². The number of nitrogens with one attached hydrogen (secondary N) is 1. The maximum absolute atomic E-state index is 11.2. The molecule has 0 aliphatic carbocycles. The van der Waals surface area contributed by atoms with Crippen LogP contribution in [0.5, 0.6) is 0 Å². The Balaban J connectivity index is 2.05. The zero-order valence-electron chi connectivity index (χ0n) is 8.83. The van der Waals surface area contributed by atoms with Gasteiger partial charge in [-0.2, -0.15) is 12.6 Å². The molecule has 1 unspecified atom stereocenters. The van der Waals surface area contributed by atoms with Gasteiger partial charge in [-0.25, -0.2) is 0 Å². The normalized spacial score (nSPS) is 20.4. The summed E-state index contributed by atoms with van der Waals surface area (Å²) < 4.78 is 0. The molecule has 1 heterocycles. The van der Waals surface area contributed by atoms with Gasteiger partial charge in [0.1, 0.15) is 0 Å². The molecule has 0 spiro atoms. The van der Waals surface area contributed by atoms with Crippen molar-refractivity contribution >= 4 is 18.5 Å². The molecular weight excluding hydrogens is 196 g/mol. The zero-order chi connectivity index (χ0) is 10.4. The molecule has 1 aliphatic rings. The number of hydrogen-bond donors (Lipinski definition) is 2. The van der Waals surface area contributed by atoms with Crippen molar-refractivity contribution in [2.24, 2.45) is 0 Å². The second kappa shape index (κ2) is 6.30. The van der Waals surface area contributed by atoms with Gasteiger partial charge in [-0.3, -0.25) is 4.79 Å². The summed E-state index contributed by atoms with van der Waals surface area (Å²) in [6, 6.07) is 0. The van der Waals surface area contributed by atoms with E-state index in [2.05, 4.69) is 22.8 Å². The first-order valence-corrected chi connectivity index (χ1v) is 5.90. The van der Waals surface area contributed by atoms with Crippen LogP contribution in [0.15, 0.2) is 0 Å². The lowest BCUT2D eigenvalue weighted by Crippen LogP contribution is -2.39. The van der Waals surface area contributed by atoms with Crippen LogP contribution in [-0.4, -0.2) is 42.2 Å². The summed E-state index contributed by atoms with van der Waals surface area (Å²) in [5, 5.41) is 2.67. The monoisotopic (exact) mass is 216 g/mol. The topological polar surface area (TPSA) is 32.3 Å². The van der Waals surface area contributed by atoms with Crippen LogP contribution in [0.25, 0.3) is 0 Å². The highest BCUT2D eigenvalue weighted by atomic mass is 32.1. The Morgan fingerprint density at radius 1 is 1.43 bits per heavy atom. The quantitative estimate of drug-likeness (QED) is 0.685. The van der Waals surface area contributed by atoms with E-state index in [1.807, 2.05) is 0 Å². The largest absolute Gasteiger partial charge is 0.354 e. The number of piperidine rings is 1. The molecule has 4 heteroatoms. The second-order valence-corrected chi connectivity index (χ2v) is 4.64. The van der Waals surface area contributed by atoms with Crippen LogP contribution in [0, 0.1) is 0 Å². The summed E-state index contributed by atoms with van der Waals surface area (Å²) in [6.45, 7) is 5.90. The van der Waals surface area contributed by atoms with E-state index in [1.165, 1.54) is 32.4 Å². The molecule has 0 radical (unpaired) electrons. The van der Waals surface area contributed by atoms with E-state index in [0.717, 1.165) is 13.1 Å². The first-order chi connectivity index (χ1) is 6.70. The van der Waals surface area contributed by atoms with Gasteiger partial charge in [0.2, 0.25) is 5.91 Å². The molecule has 1 fully saturated rings. The molecule has 0 aromatic rings. The summed E-state index contributed by atoms with van der Waals surface area (Å²) in [4.78, 5) is 13.6. The van der Waals surface area contributed by atoms with Crippen molar-refractivity contribution in [3.63, 3.8) is 0 Å². The average molecular weight is 216 g/mol. The van der Waals surface area contributed by atoms with Crippen molar-refractivity contribution in [3.8, 4) is 0 Å². The fraction of sp³-hybridized carbons (Fsp3) is 0.900. The van der Waals surface area contributed by atoms with E-state index in [0.29, 0.717) is 0 Å². The van der Waals surface area contributed by atoms with Gasteiger partial charge >= 0.3 is 0 Å². The molecular formula is C10H20N2OS. The Morgan fingerprint density at radius 2 is 2.07 bits per heavy atom. The Kier molecular flexibility index (Phi) is 5.33. The Morgan fingerprint density at radius 3 is 2.64 bits per heavy atom. The lowest BCUT2D eigenvalue weighted by molar-refractivity contribution is -0.120. The van der Waals surface area contributed by atoms with Crippen molar-refractivity contribution in [1.29, 1.82) is 0 Å². The Labute approximate surface area is 91.6 Å². The van der Waals surface area contributed by atoms with Gasteiger partial charge < -0.3 is 10.2 Å². The number of hydrogen-bond acceptors (Lipinski definition) is 3. The SMILES string of the molecule is CC(S)C(=O)NCCN1CCCCC1. The van der Waals surface area contributed by atoms with Gasteiger partial charge in [-0.15, -0.1) is 0 Å². The van der Waals surface area contributed by atoms with Crippen molar-refractivity contribution in [3.05, 3.63) is 0 Å². The molecule has 1 rings (SSSR count). The molecule has 0 aromatic carbocycles. The number of amides is 1. The van der Waals surface area contributed by atoms with Gasteiger partial charge in [0, 0.05) is 13.1 Å². The number of carbonyl (C=O) groups is 1. The highest BCUT2D eigenvalue weighted by molar-refractivity contribution is 7.81. The summed E-state index contributed by atoms with van der Waals surface area (Å²) in [7, 11) is 0. The van der Waals surface area contributed by atoms with Crippen LogP contribution >= 0.6 is 12.6 Å². The molecule has 0 aromatic heterocycles. The molecule has 1 saturated heterocycles. The van der Waals surface area contributed by atoms with Gasteiger partial charge in [0.25, 0.3) is 0 Å².